The van der Waals surface area contributed by atoms with Gasteiger partial charge in [0, 0.05) is 11.8 Å². The van der Waals surface area contributed by atoms with Crippen molar-refractivity contribution in [3.05, 3.63) is 65.3 Å². The molecule has 1 amide bonds. The molecule has 26 heavy (non-hydrogen) atoms. The zero-order valence-corrected chi connectivity index (χ0v) is 15.3. The number of amides is 1. The summed E-state index contributed by atoms with van der Waals surface area (Å²) >= 11 is 2.65. The van der Waals surface area contributed by atoms with E-state index >= 15 is 0 Å². The number of carbonyl (C=O) groups excluding carboxylic acids is 1. The van der Waals surface area contributed by atoms with E-state index in [1.165, 1.54) is 22.7 Å². The smallest absolute Gasteiger partial charge is 0.269 e. The van der Waals surface area contributed by atoms with E-state index in [0.29, 0.717) is 15.7 Å². The lowest BCUT2D eigenvalue weighted by Gasteiger charge is -1.98. The molecule has 3 heterocycles. The van der Waals surface area contributed by atoms with Crippen molar-refractivity contribution in [2.45, 2.75) is 6.92 Å². The first-order valence-corrected chi connectivity index (χ1v) is 9.43. The molecule has 0 aliphatic rings. The fourth-order valence-electron chi connectivity index (χ4n) is 2.33. The van der Waals surface area contributed by atoms with Crippen molar-refractivity contribution in [2.24, 2.45) is 0 Å². The number of benzene rings is 1. The van der Waals surface area contributed by atoms with Crippen LogP contribution in [0.3, 0.4) is 0 Å². The Labute approximate surface area is 157 Å². The van der Waals surface area contributed by atoms with Crippen LogP contribution in [0, 0.1) is 6.92 Å². The number of pyridine rings is 1. The summed E-state index contributed by atoms with van der Waals surface area (Å²) < 4.78 is 0. The zero-order valence-electron chi connectivity index (χ0n) is 13.7. The number of aryl methyl sites for hydroxylation is 1. The van der Waals surface area contributed by atoms with E-state index in [2.05, 4.69) is 25.5 Å². The van der Waals surface area contributed by atoms with Crippen LogP contribution in [-0.4, -0.2) is 26.1 Å². The molecule has 8 heteroatoms. The molecular weight excluding hydrogens is 366 g/mol. The number of nitrogens with one attached hydrogen (secondary N) is 1. The fourth-order valence-corrected chi connectivity index (χ4v) is 4.01. The largest absolute Gasteiger partial charge is 0.296 e. The van der Waals surface area contributed by atoms with Gasteiger partial charge >= 0.3 is 0 Å². The molecule has 0 bridgehead atoms. The predicted molar refractivity (Wildman–Crippen MR) is 103 cm³/mol. The summed E-state index contributed by atoms with van der Waals surface area (Å²) in [5, 5.41) is 12.9. The molecule has 0 spiro atoms. The lowest BCUT2D eigenvalue weighted by molar-refractivity contribution is 0.102. The molecule has 6 nitrogen and oxygen atoms in total. The maximum absolute atomic E-state index is 12.6. The van der Waals surface area contributed by atoms with Crippen molar-refractivity contribution in [1.29, 1.82) is 0 Å². The number of anilines is 1. The normalized spacial score (nSPS) is 10.7. The summed E-state index contributed by atoms with van der Waals surface area (Å²) in [4.78, 5) is 21.9. The first-order valence-electron chi connectivity index (χ1n) is 7.80. The van der Waals surface area contributed by atoms with Gasteiger partial charge in [-0.05, 0) is 19.1 Å². The molecule has 3 aromatic heterocycles. The number of thiazole rings is 1. The third kappa shape index (κ3) is 3.37. The second kappa shape index (κ2) is 7.11. The standard InChI is InChI=1S/C18H13N5OS2/c1-11-14(25-17(20-11)13-9-5-6-10-19-13)15(24)21-18-23-22-16(26-18)12-7-3-2-4-8-12/h2-10H,1H3,(H,21,23,24). The zero-order chi connectivity index (χ0) is 17.9. The van der Waals surface area contributed by atoms with Crippen LogP contribution >= 0.6 is 22.7 Å². The number of aromatic nitrogens is 4. The molecule has 0 fully saturated rings. The van der Waals surface area contributed by atoms with Crippen LogP contribution < -0.4 is 5.32 Å². The van der Waals surface area contributed by atoms with E-state index in [4.69, 9.17) is 0 Å². The van der Waals surface area contributed by atoms with Crippen LogP contribution in [0.15, 0.2) is 54.7 Å². The minimum Gasteiger partial charge on any atom is -0.296 e. The third-order valence-corrected chi connectivity index (χ3v) is 5.62. The van der Waals surface area contributed by atoms with Crippen molar-refractivity contribution in [1.82, 2.24) is 20.2 Å². The van der Waals surface area contributed by atoms with E-state index in [-0.39, 0.29) is 5.91 Å². The number of rotatable bonds is 4. The molecule has 4 rings (SSSR count). The maximum atomic E-state index is 12.6. The Hall–Kier alpha value is -2.97. The average Bonchev–Trinajstić information content (AvgIpc) is 3.30. The van der Waals surface area contributed by atoms with Crippen molar-refractivity contribution < 1.29 is 4.79 Å². The second-order valence-corrected chi connectivity index (χ2v) is 7.36. The van der Waals surface area contributed by atoms with E-state index in [1.807, 2.05) is 55.5 Å². The van der Waals surface area contributed by atoms with Gasteiger partial charge in [0.05, 0.1) is 11.4 Å². The van der Waals surface area contributed by atoms with Crippen LogP contribution in [0.25, 0.3) is 21.3 Å². The van der Waals surface area contributed by atoms with Crippen LogP contribution in [0.1, 0.15) is 15.4 Å². The molecule has 0 unspecified atom stereocenters. The van der Waals surface area contributed by atoms with Crippen LogP contribution in [0.5, 0.6) is 0 Å². The lowest BCUT2D eigenvalue weighted by atomic mass is 10.2. The summed E-state index contributed by atoms with van der Waals surface area (Å²) in [7, 11) is 0. The highest BCUT2D eigenvalue weighted by Crippen LogP contribution is 2.29. The van der Waals surface area contributed by atoms with Gasteiger partial charge in [0.2, 0.25) is 5.13 Å². The molecule has 1 aromatic carbocycles. The van der Waals surface area contributed by atoms with Gasteiger partial charge < -0.3 is 0 Å². The van der Waals surface area contributed by atoms with Crippen molar-refractivity contribution in [2.75, 3.05) is 5.32 Å². The predicted octanol–water partition coefficient (Wildman–Crippen LogP) is 4.28. The SMILES string of the molecule is Cc1nc(-c2ccccn2)sc1C(=O)Nc1nnc(-c2ccccc2)s1. The van der Waals surface area contributed by atoms with Gasteiger partial charge in [-0.3, -0.25) is 15.1 Å². The number of nitrogens with zero attached hydrogens (tertiary/aromatic N) is 4. The quantitative estimate of drug-likeness (QED) is 0.572. The summed E-state index contributed by atoms with van der Waals surface area (Å²) in [6.45, 7) is 1.81. The molecule has 1 N–H and O–H groups in total. The first-order chi connectivity index (χ1) is 12.7. The molecular formula is C18H13N5OS2. The summed E-state index contributed by atoms with van der Waals surface area (Å²) in [6, 6.07) is 15.3. The van der Waals surface area contributed by atoms with E-state index in [0.717, 1.165) is 21.3 Å². The van der Waals surface area contributed by atoms with Gasteiger partial charge in [-0.2, -0.15) is 0 Å². The van der Waals surface area contributed by atoms with Crippen molar-refractivity contribution in [3.63, 3.8) is 0 Å². The van der Waals surface area contributed by atoms with Crippen molar-refractivity contribution in [3.8, 4) is 21.3 Å². The Morgan fingerprint density at radius 2 is 1.77 bits per heavy atom. The summed E-state index contributed by atoms with van der Waals surface area (Å²) in [5.41, 5.74) is 2.39. The Morgan fingerprint density at radius 3 is 2.54 bits per heavy atom. The van der Waals surface area contributed by atoms with E-state index in [9.17, 15) is 4.79 Å². The number of hydrogen-bond donors (Lipinski definition) is 1. The molecule has 0 saturated carbocycles. The Morgan fingerprint density at radius 1 is 0.962 bits per heavy atom. The van der Waals surface area contributed by atoms with Crippen molar-refractivity contribution >= 4 is 33.7 Å². The van der Waals surface area contributed by atoms with Gasteiger partial charge in [0.1, 0.15) is 14.9 Å². The first kappa shape index (κ1) is 16.5. The van der Waals surface area contributed by atoms with Gasteiger partial charge in [-0.25, -0.2) is 4.98 Å². The highest BCUT2D eigenvalue weighted by Gasteiger charge is 2.18. The Balaban J connectivity index is 1.54. The number of hydrogen-bond acceptors (Lipinski definition) is 7. The van der Waals surface area contributed by atoms with Gasteiger partial charge in [-0.1, -0.05) is 47.7 Å². The fraction of sp³-hybridized carbons (Fsp3) is 0.0556. The molecule has 0 aliphatic heterocycles. The van der Waals surface area contributed by atoms with Gasteiger partial charge in [-0.15, -0.1) is 21.5 Å². The topological polar surface area (TPSA) is 80.7 Å². The van der Waals surface area contributed by atoms with Crippen LogP contribution in [-0.2, 0) is 0 Å². The Kier molecular flexibility index (Phi) is 4.51. The Bertz CT molecular complexity index is 1040. The minimum atomic E-state index is -0.238. The average molecular weight is 379 g/mol. The highest BCUT2D eigenvalue weighted by atomic mass is 32.1. The third-order valence-electron chi connectivity index (χ3n) is 3.55. The van der Waals surface area contributed by atoms with Gasteiger partial charge in [0.25, 0.3) is 5.91 Å². The molecule has 0 saturated heterocycles. The van der Waals surface area contributed by atoms with Crippen LogP contribution in [0.2, 0.25) is 0 Å². The molecule has 0 aliphatic carbocycles. The van der Waals surface area contributed by atoms with E-state index in [1.54, 1.807) is 6.20 Å². The second-order valence-electron chi connectivity index (χ2n) is 5.38. The monoisotopic (exact) mass is 379 g/mol. The van der Waals surface area contributed by atoms with Crippen LogP contribution in [0.4, 0.5) is 5.13 Å². The molecule has 0 atom stereocenters. The summed E-state index contributed by atoms with van der Waals surface area (Å²) in [6.07, 6.45) is 1.71. The lowest BCUT2D eigenvalue weighted by Crippen LogP contribution is -2.11. The summed E-state index contributed by atoms with van der Waals surface area (Å²) in [5.74, 6) is -0.238. The van der Waals surface area contributed by atoms with Gasteiger partial charge in [0.15, 0.2) is 0 Å². The molecule has 4 aromatic rings. The molecule has 0 radical (unpaired) electrons. The number of carbonyl (C=O) groups is 1. The molecule has 128 valence electrons. The maximum Gasteiger partial charge on any atom is 0.269 e. The highest BCUT2D eigenvalue weighted by molar-refractivity contribution is 7.19. The minimum absolute atomic E-state index is 0.238. The van der Waals surface area contributed by atoms with E-state index < -0.39 is 0 Å².